The van der Waals surface area contributed by atoms with Crippen molar-refractivity contribution in [1.82, 2.24) is 0 Å². The Morgan fingerprint density at radius 3 is 2.40 bits per heavy atom. The molecule has 15 heavy (non-hydrogen) atoms. The highest BCUT2D eigenvalue weighted by Gasteiger charge is 2.26. The second-order valence-electron chi connectivity index (χ2n) is 3.26. The Kier molecular flexibility index (Phi) is 2.01. The van der Waals surface area contributed by atoms with Gasteiger partial charge in [-0.3, -0.25) is 4.79 Å². The molecule has 0 saturated carbocycles. The van der Waals surface area contributed by atoms with Gasteiger partial charge >= 0.3 is 5.97 Å². The molecule has 0 aliphatic heterocycles. The van der Waals surface area contributed by atoms with Crippen LogP contribution in [0.15, 0.2) is 42.5 Å². The average molecular weight is 200 g/mol. The van der Waals surface area contributed by atoms with Crippen LogP contribution in [-0.4, -0.2) is 16.9 Å². The highest BCUT2D eigenvalue weighted by atomic mass is 16.4. The number of rotatable bonds is 1. The van der Waals surface area contributed by atoms with Crippen molar-refractivity contribution in [3.8, 4) is 0 Å². The summed E-state index contributed by atoms with van der Waals surface area (Å²) in [5.41, 5.74) is 1.44. The maximum atomic E-state index is 11.7. The first-order valence-corrected chi connectivity index (χ1v) is 4.39. The quantitative estimate of drug-likeness (QED) is 0.704. The van der Waals surface area contributed by atoms with Crippen molar-refractivity contribution >= 4 is 17.3 Å². The Bertz CT molecular complexity index is 509. The van der Waals surface area contributed by atoms with Crippen LogP contribution in [0, 0.1) is 0 Å². The van der Waals surface area contributed by atoms with Gasteiger partial charge in [-0.2, -0.15) is 0 Å². The lowest BCUT2D eigenvalue weighted by Gasteiger charge is -2.14. The zero-order chi connectivity index (χ0) is 11.0. The second-order valence-corrected chi connectivity index (χ2v) is 3.26. The van der Waals surface area contributed by atoms with Crippen LogP contribution in [-0.2, 0) is 4.79 Å². The standard InChI is InChI=1S/C12H8O3/c1-7-6-10(12(14)15)11(13)9-5-3-2-4-8(7)9/h2-6H,1H2,(H,14,15). The molecule has 0 spiro atoms. The number of ketones is 1. The summed E-state index contributed by atoms with van der Waals surface area (Å²) in [6.07, 6.45) is 1.31. The van der Waals surface area contributed by atoms with E-state index in [1.54, 1.807) is 24.3 Å². The van der Waals surface area contributed by atoms with E-state index < -0.39 is 11.8 Å². The Labute approximate surface area is 86.4 Å². The van der Waals surface area contributed by atoms with Gasteiger partial charge in [-0.1, -0.05) is 30.8 Å². The van der Waals surface area contributed by atoms with Crippen LogP contribution in [0.5, 0.6) is 0 Å². The molecule has 0 bridgehead atoms. The molecule has 0 fully saturated rings. The molecule has 0 saturated heterocycles. The van der Waals surface area contributed by atoms with E-state index in [2.05, 4.69) is 6.58 Å². The zero-order valence-electron chi connectivity index (χ0n) is 7.86. The van der Waals surface area contributed by atoms with Gasteiger partial charge in [0.2, 0.25) is 5.78 Å². The summed E-state index contributed by atoms with van der Waals surface area (Å²) in [6, 6.07) is 6.86. The smallest absolute Gasteiger partial charge is 0.339 e. The SMILES string of the molecule is C=C1C=C(C(=O)O)C(=O)c2ccccc21. The summed E-state index contributed by atoms with van der Waals surface area (Å²) in [4.78, 5) is 22.5. The summed E-state index contributed by atoms with van der Waals surface area (Å²) in [7, 11) is 0. The Hall–Kier alpha value is -2.16. The third-order valence-electron chi connectivity index (χ3n) is 2.31. The average Bonchev–Trinajstić information content (AvgIpc) is 2.23. The van der Waals surface area contributed by atoms with E-state index >= 15 is 0 Å². The molecule has 1 aliphatic carbocycles. The molecule has 0 radical (unpaired) electrons. The van der Waals surface area contributed by atoms with Crippen LogP contribution in [0.2, 0.25) is 0 Å². The minimum atomic E-state index is -1.21. The number of allylic oxidation sites excluding steroid dienone is 2. The van der Waals surface area contributed by atoms with Crippen molar-refractivity contribution in [3.05, 3.63) is 53.6 Å². The van der Waals surface area contributed by atoms with Gasteiger partial charge in [0, 0.05) is 5.56 Å². The minimum absolute atomic E-state index is 0.223. The Balaban J connectivity index is 2.64. The van der Waals surface area contributed by atoms with Crippen molar-refractivity contribution < 1.29 is 14.7 Å². The first kappa shape index (κ1) is 9.40. The van der Waals surface area contributed by atoms with Crippen LogP contribution in [0.1, 0.15) is 15.9 Å². The maximum Gasteiger partial charge on any atom is 0.339 e. The van der Waals surface area contributed by atoms with Gasteiger partial charge < -0.3 is 5.11 Å². The molecule has 3 nitrogen and oxygen atoms in total. The van der Waals surface area contributed by atoms with Crippen LogP contribution >= 0.6 is 0 Å². The van der Waals surface area contributed by atoms with E-state index in [0.717, 1.165) is 0 Å². The third-order valence-corrected chi connectivity index (χ3v) is 2.31. The summed E-state index contributed by atoms with van der Waals surface area (Å²) in [6.45, 7) is 3.73. The van der Waals surface area contributed by atoms with E-state index in [1.807, 2.05) is 0 Å². The molecule has 3 heteroatoms. The van der Waals surface area contributed by atoms with E-state index in [4.69, 9.17) is 5.11 Å². The number of fused-ring (bicyclic) bond motifs is 1. The van der Waals surface area contributed by atoms with Gasteiger partial charge in [0.25, 0.3) is 0 Å². The van der Waals surface area contributed by atoms with Gasteiger partial charge in [0.1, 0.15) is 5.57 Å². The topological polar surface area (TPSA) is 54.4 Å². The number of carboxylic acid groups (broad SMARTS) is 1. The predicted octanol–water partition coefficient (Wildman–Crippen LogP) is 1.91. The van der Waals surface area contributed by atoms with Gasteiger partial charge in [-0.25, -0.2) is 4.79 Å². The lowest BCUT2D eigenvalue weighted by Crippen LogP contribution is -2.17. The molecule has 1 aliphatic rings. The summed E-state index contributed by atoms with van der Waals surface area (Å²) in [5.74, 6) is -1.67. The van der Waals surface area contributed by atoms with Crippen molar-refractivity contribution in [1.29, 1.82) is 0 Å². The third kappa shape index (κ3) is 1.38. The number of carbonyl (C=O) groups is 2. The lowest BCUT2D eigenvalue weighted by molar-refractivity contribution is -0.132. The lowest BCUT2D eigenvalue weighted by atomic mass is 9.88. The van der Waals surface area contributed by atoms with E-state index in [1.165, 1.54) is 6.08 Å². The van der Waals surface area contributed by atoms with Crippen molar-refractivity contribution in [3.63, 3.8) is 0 Å². The van der Waals surface area contributed by atoms with Crippen LogP contribution in [0.25, 0.3) is 5.57 Å². The van der Waals surface area contributed by atoms with Crippen molar-refractivity contribution in [2.45, 2.75) is 0 Å². The molecule has 0 amide bonds. The van der Waals surface area contributed by atoms with E-state index in [9.17, 15) is 9.59 Å². The molecule has 1 aromatic carbocycles. The van der Waals surface area contributed by atoms with Gasteiger partial charge in [0.15, 0.2) is 0 Å². The van der Waals surface area contributed by atoms with E-state index in [-0.39, 0.29) is 5.57 Å². The highest BCUT2D eigenvalue weighted by Crippen LogP contribution is 2.27. The number of Topliss-reactive ketones (excluding diaryl/α,β-unsaturated/α-hetero) is 1. The fourth-order valence-electron chi connectivity index (χ4n) is 1.58. The second kappa shape index (κ2) is 3.20. The van der Waals surface area contributed by atoms with Crippen LogP contribution in [0.4, 0.5) is 0 Å². The number of hydrogen-bond donors (Lipinski definition) is 1. The summed E-state index contributed by atoms with van der Waals surface area (Å²) >= 11 is 0. The molecule has 0 heterocycles. The van der Waals surface area contributed by atoms with E-state index in [0.29, 0.717) is 16.7 Å². The molecule has 1 aromatic rings. The molecular formula is C12H8O3. The molecule has 0 aromatic heterocycles. The molecule has 74 valence electrons. The minimum Gasteiger partial charge on any atom is -0.478 e. The molecule has 0 atom stereocenters. The number of carbonyl (C=O) groups excluding carboxylic acids is 1. The van der Waals surface area contributed by atoms with Crippen LogP contribution in [0.3, 0.4) is 0 Å². The van der Waals surface area contributed by atoms with Gasteiger partial charge in [-0.05, 0) is 17.2 Å². The van der Waals surface area contributed by atoms with Crippen LogP contribution < -0.4 is 0 Å². The zero-order valence-corrected chi connectivity index (χ0v) is 7.86. The molecule has 0 unspecified atom stereocenters. The Morgan fingerprint density at radius 2 is 1.80 bits per heavy atom. The fourth-order valence-corrected chi connectivity index (χ4v) is 1.58. The predicted molar refractivity (Wildman–Crippen MR) is 55.5 cm³/mol. The van der Waals surface area contributed by atoms with Gasteiger partial charge in [-0.15, -0.1) is 0 Å². The number of benzene rings is 1. The normalized spacial score (nSPS) is 14.5. The van der Waals surface area contributed by atoms with Gasteiger partial charge in [0.05, 0.1) is 0 Å². The molecule has 1 N–H and O–H groups in total. The first-order chi connectivity index (χ1) is 7.11. The Morgan fingerprint density at radius 1 is 1.20 bits per heavy atom. The maximum absolute atomic E-state index is 11.7. The molecule has 2 rings (SSSR count). The fraction of sp³-hybridized carbons (Fsp3) is 0. The number of aliphatic carboxylic acids is 1. The van der Waals surface area contributed by atoms with Crippen molar-refractivity contribution in [2.75, 3.05) is 0 Å². The van der Waals surface area contributed by atoms with Crippen molar-refractivity contribution in [2.24, 2.45) is 0 Å². The largest absolute Gasteiger partial charge is 0.478 e. The summed E-state index contributed by atoms with van der Waals surface area (Å²) in [5, 5.41) is 8.82. The highest BCUT2D eigenvalue weighted by molar-refractivity contribution is 6.28. The number of carboxylic acids is 1. The summed E-state index contributed by atoms with van der Waals surface area (Å²) < 4.78 is 0. The first-order valence-electron chi connectivity index (χ1n) is 4.39. The number of hydrogen-bond acceptors (Lipinski definition) is 2. The molecular weight excluding hydrogens is 192 g/mol. The monoisotopic (exact) mass is 200 g/mol.